The van der Waals surface area contributed by atoms with E-state index in [1.807, 2.05) is 23.5 Å². The van der Waals surface area contributed by atoms with Crippen molar-refractivity contribution < 1.29 is 0 Å². The van der Waals surface area contributed by atoms with Crippen molar-refractivity contribution >= 4 is 34.3 Å². The minimum atomic E-state index is 0.174. The van der Waals surface area contributed by atoms with Gasteiger partial charge in [-0.25, -0.2) is 0 Å². The molecule has 2 unspecified atom stereocenters. The monoisotopic (exact) mass is 306 g/mol. The summed E-state index contributed by atoms with van der Waals surface area (Å²) in [6.45, 7) is 2.41. The van der Waals surface area contributed by atoms with Gasteiger partial charge in [0.1, 0.15) is 0 Å². The zero-order valence-corrected chi connectivity index (χ0v) is 13.3. The summed E-state index contributed by atoms with van der Waals surface area (Å²) in [5.74, 6) is 0. The lowest BCUT2D eigenvalue weighted by molar-refractivity contribution is 0.698. The fraction of sp³-hybridized carbons (Fsp3) is 0.158. The van der Waals surface area contributed by atoms with Gasteiger partial charge in [0.15, 0.2) is 0 Å². The largest absolute Gasteiger partial charge is 0.116 e. The Morgan fingerprint density at radius 3 is 2.43 bits per heavy atom. The molecule has 0 saturated carbocycles. The Kier molecular flexibility index (Phi) is 2.37. The topological polar surface area (TPSA) is 0 Å². The molecular weight excluding hydrogens is 292 g/mol. The molecule has 0 saturated heterocycles. The minimum Gasteiger partial charge on any atom is -0.116 e. The van der Waals surface area contributed by atoms with Crippen molar-refractivity contribution in [3.05, 3.63) is 71.8 Å². The van der Waals surface area contributed by atoms with E-state index in [9.17, 15) is 0 Å². The lowest BCUT2D eigenvalue weighted by atomic mass is 9.91. The van der Waals surface area contributed by atoms with Crippen LogP contribution in [0.4, 0.5) is 0 Å². The summed E-state index contributed by atoms with van der Waals surface area (Å²) in [6, 6.07) is 22.4. The molecule has 3 aromatic carbocycles. The standard InChI is InChI=1S/C19H14S2/c1-19-15-10-12-6-2-3-7-13(12)11-17(15)20-18(19)14-8-4-5-9-16(14)21-19/h2-11,18H,1H3. The maximum Gasteiger partial charge on any atom is 0.0601 e. The molecule has 0 aliphatic carbocycles. The number of hydrogen-bond donors (Lipinski definition) is 0. The summed E-state index contributed by atoms with van der Waals surface area (Å²) in [4.78, 5) is 2.92. The molecule has 2 heteroatoms. The highest BCUT2D eigenvalue weighted by Gasteiger charge is 2.50. The smallest absolute Gasteiger partial charge is 0.0601 e. The zero-order chi connectivity index (χ0) is 14.0. The van der Waals surface area contributed by atoms with Crippen LogP contribution in [0.2, 0.25) is 0 Å². The van der Waals surface area contributed by atoms with Gasteiger partial charge in [0, 0.05) is 9.79 Å². The van der Waals surface area contributed by atoms with Gasteiger partial charge in [-0.15, -0.1) is 23.5 Å². The van der Waals surface area contributed by atoms with E-state index in [0.29, 0.717) is 5.25 Å². The summed E-state index contributed by atoms with van der Waals surface area (Å²) >= 11 is 4.08. The van der Waals surface area contributed by atoms with Crippen LogP contribution in [0.3, 0.4) is 0 Å². The fourth-order valence-electron chi connectivity index (χ4n) is 3.57. The van der Waals surface area contributed by atoms with Gasteiger partial charge in [-0.3, -0.25) is 0 Å². The first-order valence-electron chi connectivity index (χ1n) is 7.23. The van der Waals surface area contributed by atoms with E-state index < -0.39 is 0 Å². The van der Waals surface area contributed by atoms with E-state index in [1.54, 1.807) is 0 Å². The lowest BCUT2D eigenvalue weighted by Gasteiger charge is -2.23. The average molecular weight is 306 g/mol. The maximum atomic E-state index is 2.41. The zero-order valence-electron chi connectivity index (χ0n) is 11.7. The van der Waals surface area contributed by atoms with E-state index in [2.05, 4.69) is 67.6 Å². The molecule has 5 rings (SSSR count). The van der Waals surface area contributed by atoms with Gasteiger partial charge in [-0.05, 0) is 47.0 Å². The lowest BCUT2D eigenvalue weighted by Crippen LogP contribution is -2.15. The van der Waals surface area contributed by atoms with Gasteiger partial charge in [0.25, 0.3) is 0 Å². The second-order valence-electron chi connectivity index (χ2n) is 5.94. The molecule has 0 spiro atoms. The van der Waals surface area contributed by atoms with Crippen LogP contribution < -0.4 is 0 Å². The first kappa shape index (κ1) is 12.2. The first-order chi connectivity index (χ1) is 10.3. The molecule has 0 amide bonds. The van der Waals surface area contributed by atoms with Crippen molar-refractivity contribution in [3.63, 3.8) is 0 Å². The van der Waals surface area contributed by atoms with Crippen LogP contribution in [0.25, 0.3) is 10.8 Å². The average Bonchev–Trinajstić information content (AvgIpc) is 2.94. The summed E-state index contributed by atoms with van der Waals surface area (Å²) < 4.78 is 0.174. The second-order valence-corrected chi connectivity index (χ2v) is 8.58. The maximum absolute atomic E-state index is 2.41. The van der Waals surface area contributed by atoms with Crippen molar-refractivity contribution in [2.75, 3.05) is 0 Å². The highest BCUT2D eigenvalue weighted by Crippen LogP contribution is 2.69. The highest BCUT2D eigenvalue weighted by molar-refractivity contribution is 8.05. The molecule has 0 bridgehead atoms. The molecule has 2 atom stereocenters. The Morgan fingerprint density at radius 1 is 0.857 bits per heavy atom. The van der Waals surface area contributed by atoms with Crippen LogP contribution in [-0.4, -0.2) is 0 Å². The van der Waals surface area contributed by atoms with Gasteiger partial charge in [0.2, 0.25) is 0 Å². The van der Waals surface area contributed by atoms with Crippen molar-refractivity contribution in [2.24, 2.45) is 0 Å². The van der Waals surface area contributed by atoms with E-state index in [4.69, 9.17) is 0 Å². The third-order valence-electron chi connectivity index (χ3n) is 4.65. The summed E-state index contributed by atoms with van der Waals surface area (Å²) in [6.07, 6.45) is 0. The molecule has 3 aromatic rings. The Bertz CT molecular complexity index is 884. The molecule has 2 heterocycles. The van der Waals surface area contributed by atoms with Crippen molar-refractivity contribution in [2.45, 2.75) is 26.7 Å². The number of benzene rings is 3. The van der Waals surface area contributed by atoms with Gasteiger partial charge in [0.05, 0.1) is 10.00 Å². The quantitative estimate of drug-likeness (QED) is 0.499. The highest BCUT2D eigenvalue weighted by atomic mass is 32.2. The van der Waals surface area contributed by atoms with Gasteiger partial charge < -0.3 is 0 Å². The SMILES string of the molecule is CC12Sc3ccccc3C1Sc1cc3ccccc3cc12. The molecule has 0 radical (unpaired) electrons. The molecule has 0 nitrogen and oxygen atoms in total. The van der Waals surface area contributed by atoms with E-state index in [-0.39, 0.29) is 4.75 Å². The van der Waals surface area contributed by atoms with E-state index in [1.165, 1.54) is 31.7 Å². The number of thioether (sulfide) groups is 2. The van der Waals surface area contributed by atoms with Crippen LogP contribution in [0.15, 0.2) is 70.5 Å². The van der Waals surface area contributed by atoms with Crippen LogP contribution >= 0.6 is 23.5 Å². The number of fused-ring (bicyclic) bond motifs is 6. The number of hydrogen-bond acceptors (Lipinski definition) is 2. The van der Waals surface area contributed by atoms with Crippen molar-refractivity contribution in [1.82, 2.24) is 0 Å². The summed E-state index contributed by atoms with van der Waals surface area (Å²) in [5.41, 5.74) is 3.02. The normalized spacial score (nSPS) is 25.7. The Balaban J connectivity index is 1.75. The molecule has 0 N–H and O–H groups in total. The van der Waals surface area contributed by atoms with Crippen LogP contribution in [0.5, 0.6) is 0 Å². The van der Waals surface area contributed by atoms with E-state index >= 15 is 0 Å². The first-order valence-corrected chi connectivity index (χ1v) is 8.93. The molecular formula is C19H14S2. The Morgan fingerprint density at radius 2 is 1.57 bits per heavy atom. The third kappa shape index (κ3) is 1.55. The Hall–Kier alpha value is -1.38. The fourth-order valence-corrected chi connectivity index (χ4v) is 6.95. The van der Waals surface area contributed by atoms with Gasteiger partial charge in [-0.1, -0.05) is 42.5 Å². The molecule has 102 valence electrons. The van der Waals surface area contributed by atoms with E-state index in [0.717, 1.165) is 0 Å². The minimum absolute atomic E-state index is 0.174. The predicted octanol–water partition coefficient (Wildman–Crippen LogP) is 6.01. The molecule has 0 aromatic heterocycles. The molecule has 21 heavy (non-hydrogen) atoms. The van der Waals surface area contributed by atoms with Crippen LogP contribution in [0.1, 0.15) is 23.3 Å². The Labute approximate surface area is 132 Å². The second kappa shape index (κ2) is 4.08. The van der Waals surface area contributed by atoms with Crippen LogP contribution in [-0.2, 0) is 4.75 Å². The third-order valence-corrected chi connectivity index (χ3v) is 7.82. The van der Waals surface area contributed by atoms with Crippen molar-refractivity contribution in [1.29, 1.82) is 0 Å². The summed E-state index contributed by atoms with van der Waals surface area (Å²) in [7, 11) is 0. The number of rotatable bonds is 0. The van der Waals surface area contributed by atoms with Gasteiger partial charge >= 0.3 is 0 Å². The molecule has 2 aliphatic rings. The van der Waals surface area contributed by atoms with Crippen molar-refractivity contribution in [3.8, 4) is 0 Å². The molecule has 2 aliphatic heterocycles. The predicted molar refractivity (Wildman–Crippen MR) is 92.2 cm³/mol. The summed E-state index contributed by atoms with van der Waals surface area (Å²) in [5, 5.41) is 3.26. The van der Waals surface area contributed by atoms with Gasteiger partial charge in [-0.2, -0.15) is 0 Å². The van der Waals surface area contributed by atoms with Crippen LogP contribution in [0, 0.1) is 0 Å². The molecule has 0 fully saturated rings.